The molecule has 1 atom stereocenters. The normalized spacial score (nSPS) is 15.5. The molecule has 0 aromatic carbocycles. The van der Waals surface area contributed by atoms with Crippen molar-refractivity contribution in [2.45, 2.75) is 38.3 Å². The molecular weight excluding hydrogens is 425 g/mol. The smallest absolute Gasteiger partial charge is 0.243 e. The summed E-state index contributed by atoms with van der Waals surface area (Å²) in [6, 6.07) is 3.52. The Bertz CT molecular complexity index is 925. The molecule has 0 spiro atoms. The average molecular weight is 443 g/mol. The Morgan fingerprint density at radius 1 is 1.50 bits per heavy atom. The van der Waals surface area contributed by atoms with Crippen molar-refractivity contribution >= 4 is 38.9 Å². The van der Waals surface area contributed by atoms with Crippen LogP contribution in [0.1, 0.15) is 30.6 Å². The van der Waals surface area contributed by atoms with Crippen LogP contribution in [0, 0.1) is 11.7 Å². The van der Waals surface area contributed by atoms with Crippen molar-refractivity contribution < 1.29 is 8.81 Å². The Kier molecular flexibility index (Phi) is 4.90. The number of nitrogens with one attached hydrogen (secondary N) is 1. The first-order valence-corrected chi connectivity index (χ1v) is 9.64. The zero-order chi connectivity index (χ0) is 18.3. The highest BCUT2D eigenvalue weighted by molar-refractivity contribution is 9.10. The standard InChI is InChI=1S/C17H18BrClFN5O/c18-15-12(7-10(21)6-9-3-4-9)13(20)14-16(23-17(19)24-25(14)15)22-8-11-2-1-5-26-11/h1-2,5,9-10H,3-4,6-8,21H2,(H,22,23,24)/t10-/m0/s1. The fraction of sp³-hybridized carbons (Fsp3) is 0.412. The zero-order valence-electron chi connectivity index (χ0n) is 13.9. The third-order valence-corrected chi connectivity index (χ3v) is 5.51. The number of nitrogens with two attached hydrogens (primary N) is 1. The molecule has 26 heavy (non-hydrogen) atoms. The predicted octanol–water partition coefficient (Wildman–Crippen LogP) is 4.16. The van der Waals surface area contributed by atoms with E-state index in [9.17, 15) is 0 Å². The van der Waals surface area contributed by atoms with Crippen molar-refractivity contribution in [3.8, 4) is 0 Å². The van der Waals surface area contributed by atoms with Crippen LogP contribution in [0.25, 0.3) is 5.52 Å². The lowest BCUT2D eigenvalue weighted by Gasteiger charge is -2.10. The van der Waals surface area contributed by atoms with Crippen LogP contribution in [0.15, 0.2) is 27.4 Å². The van der Waals surface area contributed by atoms with Gasteiger partial charge >= 0.3 is 0 Å². The highest BCUT2D eigenvalue weighted by atomic mass is 79.9. The Morgan fingerprint density at radius 2 is 2.31 bits per heavy atom. The van der Waals surface area contributed by atoms with Gasteiger partial charge in [-0.05, 0) is 58.4 Å². The van der Waals surface area contributed by atoms with Gasteiger partial charge < -0.3 is 15.5 Å². The second kappa shape index (κ2) is 7.17. The molecule has 1 aliphatic rings. The number of halogens is 3. The van der Waals surface area contributed by atoms with Crippen LogP contribution < -0.4 is 11.1 Å². The summed E-state index contributed by atoms with van der Waals surface area (Å²) in [6.45, 7) is 0.356. The zero-order valence-corrected chi connectivity index (χ0v) is 16.2. The second-order valence-corrected chi connectivity index (χ2v) is 7.74. The van der Waals surface area contributed by atoms with Gasteiger partial charge in [-0.2, -0.15) is 4.98 Å². The van der Waals surface area contributed by atoms with Crippen molar-refractivity contribution in [3.63, 3.8) is 0 Å². The Balaban J connectivity index is 1.66. The van der Waals surface area contributed by atoms with Crippen LogP contribution >= 0.6 is 27.5 Å². The molecule has 138 valence electrons. The molecule has 4 rings (SSSR count). The van der Waals surface area contributed by atoms with E-state index in [0.29, 0.717) is 40.6 Å². The van der Waals surface area contributed by atoms with E-state index in [1.807, 2.05) is 6.07 Å². The number of nitrogens with zero attached hydrogens (tertiary/aromatic N) is 3. The molecule has 0 unspecified atom stereocenters. The van der Waals surface area contributed by atoms with Gasteiger partial charge in [0, 0.05) is 11.6 Å². The lowest BCUT2D eigenvalue weighted by molar-refractivity contribution is 0.517. The summed E-state index contributed by atoms with van der Waals surface area (Å²) in [5.74, 6) is 1.31. The molecule has 0 radical (unpaired) electrons. The van der Waals surface area contributed by atoms with E-state index in [4.69, 9.17) is 21.8 Å². The molecule has 9 heteroatoms. The van der Waals surface area contributed by atoms with Gasteiger partial charge in [-0.15, -0.1) is 5.10 Å². The maximum atomic E-state index is 15.2. The Labute approximate surface area is 163 Å². The topological polar surface area (TPSA) is 81.4 Å². The van der Waals surface area contributed by atoms with Crippen molar-refractivity contribution in [1.29, 1.82) is 0 Å². The maximum absolute atomic E-state index is 15.2. The summed E-state index contributed by atoms with van der Waals surface area (Å²) >= 11 is 9.47. The van der Waals surface area contributed by atoms with Crippen molar-refractivity contribution in [2.24, 2.45) is 11.7 Å². The van der Waals surface area contributed by atoms with Crippen LogP contribution in [-0.2, 0) is 13.0 Å². The number of furan rings is 1. The molecule has 0 bridgehead atoms. The number of rotatable bonds is 7. The van der Waals surface area contributed by atoms with Gasteiger partial charge in [-0.1, -0.05) is 12.8 Å². The number of aromatic nitrogens is 3. The maximum Gasteiger partial charge on any atom is 0.243 e. The minimum Gasteiger partial charge on any atom is -0.467 e. The third-order valence-electron chi connectivity index (χ3n) is 4.54. The van der Waals surface area contributed by atoms with Gasteiger partial charge in [0.1, 0.15) is 15.9 Å². The average Bonchev–Trinajstić information content (AvgIpc) is 3.19. The molecule has 6 nitrogen and oxygen atoms in total. The molecule has 0 amide bonds. The van der Waals surface area contributed by atoms with E-state index >= 15 is 4.39 Å². The molecule has 3 aromatic heterocycles. The van der Waals surface area contributed by atoms with Crippen LogP contribution in [0.4, 0.5) is 10.2 Å². The van der Waals surface area contributed by atoms with Crippen LogP contribution in [0.3, 0.4) is 0 Å². The van der Waals surface area contributed by atoms with Gasteiger partial charge in [-0.25, -0.2) is 8.91 Å². The first-order valence-electron chi connectivity index (χ1n) is 8.47. The van der Waals surface area contributed by atoms with E-state index in [-0.39, 0.29) is 22.7 Å². The van der Waals surface area contributed by atoms with E-state index in [2.05, 4.69) is 31.3 Å². The van der Waals surface area contributed by atoms with Crippen molar-refractivity contribution in [1.82, 2.24) is 14.6 Å². The van der Waals surface area contributed by atoms with Crippen LogP contribution in [0.2, 0.25) is 5.28 Å². The van der Waals surface area contributed by atoms with E-state index in [1.165, 1.54) is 17.4 Å². The summed E-state index contributed by atoms with van der Waals surface area (Å²) in [5, 5.41) is 7.21. The minimum atomic E-state index is -0.387. The molecule has 1 saturated carbocycles. The van der Waals surface area contributed by atoms with Gasteiger partial charge in [0.15, 0.2) is 11.6 Å². The van der Waals surface area contributed by atoms with E-state index < -0.39 is 0 Å². The van der Waals surface area contributed by atoms with E-state index in [0.717, 1.165) is 6.42 Å². The summed E-state index contributed by atoms with van der Waals surface area (Å²) in [5.41, 5.74) is 6.94. The second-order valence-electron chi connectivity index (χ2n) is 6.65. The van der Waals surface area contributed by atoms with Crippen molar-refractivity contribution in [3.05, 3.63) is 45.4 Å². The monoisotopic (exact) mass is 441 g/mol. The van der Waals surface area contributed by atoms with Gasteiger partial charge in [0.2, 0.25) is 5.28 Å². The molecule has 3 aromatic rings. The third kappa shape index (κ3) is 3.58. The first-order chi connectivity index (χ1) is 12.5. The lowest BCUT2D eigenvalue weighted by Crippen LogP contribution is -2.23. The molecule has 1 aliphatic carbocycles. The highest BCUT2D eigenvalue weighted by Gasteiger charge is 2.27. The van der Waals surface area contributed by atoms with Gasteiger partial charge in [0.25, 0.3) is 0 Å². The fourth-order valence-electron chi connectivity index (χ4n) is 3.11. The summed E-state index contributed by atoms with van der Waals surface area (Å²) < 4.78 is 22.4. The number of hydrogen-bond acceptors (Lipinski definition) is 5. The number of anilines is 1. The quantitative estimate of drug-likeness (QED) is 0.574. The summed E-state index contributed by atoms with van der Waals surface area (Å²) in [6.07, 6.45) is 5.36. The fourth-order valence-corrected chi connectivity index (χ4v) is 3.86. The molecule has 3 heterocycles. The van der Waals surface area contributed by atoms with Gasteiger partial charge in [0.05, 0.1) is 12.8 Å². The predicted molar refractivity (Wildman–Crippen MR) is 101 cm³/mol. The van der Waals surface area contributed by atoms with Crippen LogP contribution in [0.5, 0.6) is 0 Å². The summed E-state index contributed by atoms with van der Waals surface area (Å²) in [4.78, 5) is 4.14. The number of fused-ring (bicyclic) bond motifs is 1. The van der Waals surface area contributed by atoms with Crippen molar-refractivity contribution in [2.75, 3.05) is 5.32 Å². The van der Waals surface area contributed by atoms with Gasteiger partial charge in [-0.3, -0.25) is 0 Å². The SMILES string of the molecule is N[C@H](Cc1c(F)c2c(NCc3ccco3)nc(Cl)nn2c1Br)CC1CC1. The lowest BCUT2D eigenvalue weighted by atomic mass is 10.0. The Hall–Kier alpha value is -1.64. The summed E-state index contributed by atoms with van der Waals surface area (Å²) in [7, 11) is 0. The largest absolute Gasteiger partial charge is 0.467 e. The first kappa shape index (κ1) is 17.8. The van der Waals surface area contributed by atoms with Crippen LogP contribution in [-0.4, -0.2) is 20.6 Å². The molecular formula is C17H18BrClFN5O. The Morgan fingerprint density at radius 3 is 3.00 bits per heavy atom. The van der Waals surface area contributed by atoms with E-state index in [1.54, 1.807) is 12.3 Å². The highest BCUT2D eigenvalue weighted by Crippen LogP contribution is 2.36. The molecule has 0 saturated heterocycles. The molecule has 0 aliphatic heterocycles. The minimum absolute atomic E-state index is 0.0176. The molecule has 1 fully saturated rings. The number of hydrogen-bond donors (Lipinski definition) is 2. The molecule has 3 N–H and O–H groups in total.